The molecule has 0 saturated heterocycles. The van der Waals surface area contributed by atoms with Gasteiger partial charge in [-0.05, 0) is 36.5 Å². The van der Waals surface area contributed by atoms with E-state index in [1.165, 1.54) is 6.42 Å². The molecule has 0 heterocycles. The topological polar surface area (TPSA) is 69.6 Å². The number of hydrogen-bond acceptors (Lipinski definition) is 3. The second-order valence-electron chi connectivity index (χ2n) is 5.51. The predicted molar refractivity (Wildman–Crippen MR) is 62.0 cm³/mol. The van der Waals surface area contributed by atoms with Crippen molar-refractivity contribution in [3.63, 3.8) is 0 Å². The average molecular weight is 229 g/mol. The molecule has 0 radical (unpaired) electrons. The van der Waals surface area contributed by atoms with Crippen LogP contribution in [0, 0.1) is 17.3 Å². The number of carboxylic acids is 1. The Morgan fingerprint density at radius 3 is 2.38 bits per heavy atom. The summed E-state index contributed by atoms with van der Waals surface area (Å²) in [7, 11) is 0. The lowest BCUT2D eigenvalue weighted by molar-refractivity contribution is -0.141. The number of aliphatic hydroxyl groups is 1. The molecule has 0 aromatic rings. The molecule has 2 atom stereocenters. The van der Waals surface area contributed by atoms with Gasteiger partial charge in [0.2, 0.25) is 0 Å². The van der Waals surface area contributed by atoms with Gasteiger partial charge in [0.15, 0.2) is 0 Å². The number of hydrogen-bond donors (Lipinski definition) is 3. The highest BCUT2D eigenvalue weighted by Crippen LogP contribution is 2.44. The van der Waals surface area contributed by atoms with Crippen molar-refractivity contribution >= 4 is 5.97 Å². The van der Waals surface area contributed by atoms with Gasteiger partial charge in [0.25, 0.3) is 0 Å². The Bertz CT molecular complexity index is 232. The van der Waals surface area contributed by atoms with Crippen LogP contribution in [0.15, 0.2) is 0 Å². The Hall–Kier alpha value is -0.610. The van der Waals surface area contributed by atoms with Crippen molar-refractivity contribution in [3.8, 4) is 0 Å². The fourth-order valence-corrected chi connectivity index (χ4v) is 3.41. The van der Waals surface area contributed by atoms with E-state index in [1.54, 1.807) is 0 Å². The fourth-order valence-electron chi connectivity index (χ4n) is 3.41. The third-order valence-corrected chi connectivity index (χ3v) is 3.51. The number of carboxylic acid groups (broad SMARTS) is 1. The summed E-state index contributed by atoms with van der Waals surface area (Å²) in [5.41, 5.74) is -0.175. The fraction of sp³-hybridized carbons (Fsp3) is 0.917. The van der Waals surface area contributed by atoms with E-state index in [0.29, 0.717) is 18.4 Å². The molecule has 1 rings (SSSR count). The molecule has 94 valence electrons. The van der Waals surface area contributed by atoms with Gasteiger partial charge in [0.1, 0.15) is 0 Å². The van der Waals surface area contributed by atoms with Gasteiger partial charge in [-0.2, -0.15) is 0 Å². The lowest BCUT2D eigenvalue weighted by Crippen LogP contribution is -2.42. The first-order valence-corrected chi connectivity index (χ1v) is 6.01. The summed E-state index contributed by atoms with van der Waals surface area (Å²) in [5.74, 6) is 0.410. The van der Waals surface area contributed by atoms with Gasteiger partial charge in [-0.15, -0.1) is 0 Å². The highest BCUT2D eigenvalue weighted by molar-refractivity contribution is 5.67. The Labute approximate surface area is 97.0 Å². The van der Waals surface area contributed by atoms with Crippen molar-refractivity contribution in [3.05, 3.63) is 0 Å². The summed E-state index contributed by atoms with van der Waals surface area (Å²) < 4.78 is 0. The van der Waals surface area contributed by atoms with E-state index < -0.39 is 5.97 Å². The minimum absolute atomic E-state index is 0.0792. The second kappa shape index (κ2) is 5.64. The standard InChI is InChI=1S/C12H23NO3/c1-9-3-10(2)5-12(4-9,6-11(15)16)7-13-8-14/h9-10,13-14H,3-8H2,1-2H3,(H,15,16). The molecular weight excluding hydrogens is 206 g/mol. The smallest absolute Gasteiger partial charge is 0.303 e. The van der Waals surface area contributed by atoms with Crippen molar-refractivity contribution in [2.75, 3.05) is 13.3 Å². The first kappa shape index (κ1) is 13.5. The minimum atomic E-state index is -0.735. The van der Waals surface area contributed by atoms with E-state index in [9.17, 15) is 4.79 Å². The molecule has 1 saturated carbocycles. The van der Waals surface area contributed by atoms with Crippen LogP contribution in [0.25, 0.3) is 0 Å². The normalized spacial score (nSPS) is 34.9. The Balaban J connectivity index is 2.71. The van der Waals surface area contributed by atoms with E-state index in [-0.39, 0.29) is 18.6 Å². The van der Waals surface area contributed by atoms with Gasteiger partial charge in [-0.3, -0.25) is 10.1 Å². The maximum Gasteiger partial charge on any atom is 0.303 e. The summed E-state index contributed by atoms with van der Waals surface area (Å²) in [5, 5.41) is 20.7. The van der Waals surface area contributed by atoms with Crippen LogP contribution in [0.1, 0.15) is 39.5 Å². The van der Waals surface area contributed by atoms with E-state index in [4.69, 9.17) is 10.2 Å². The molecule has 2 unspecified atom stereocenters. The van der Waals surface area contributed by atoms with Gasteiger partial charge in [-0.1, -0.05) is 13.8 Å². The second-order valence-corrected chi connectivity index (χ2v) is 5.51. The Kier molecular flexibility index (Phi) is 4.74. The maximum absolute atomic E-state index is 11.0. The van der Waals surface area contributed by atoms with Gasteiger partial charge in [-0.25, -0.2) is 0 Å². The number of rotatable bonds is 5. The van der Waals surface area contributed by atoms with Crippen LogP contribution in [0.5, 0.6) is 0 Å². The van der Waals surface area contributed by atoms with E-state index in [2.05, 4.69) is 19.2 Å². The number of carbonyl (C=O) groups is 1. The lowest BCUT2D eigenvalue weighted by atomic mass is 9.64. The molecule has 1 aliphatic carbocycles. The quantitative estimate of drug-likeness (QED) is 0.624. The van der Waals surface area contributed by atoms with Crippen molar-refractivity contribution in [2.45, 2.75) is 39.5 Å². The third kappa shape index (κ3) is 3.76. The lowest BCUT2D eigenvalue weighted by Gasteiger charge is -2.42. The average Bonchev–Trinajstić information content (AvgIpc) is 2.11. The summed E-state index contributed by atoms with van der Waals surface area (Å²) in [4.78, 5) is 11.0. The molecule has 0 amide bonds. The highest BCUT2D eigenvalue weighted by atomic mass is 16.4. The van der Waals surface area contributed by atoms with Gasteiger partial charge in [0, 0.05) is 6.54 Å². The predicted octanol–water partition coefficient (Wildman–Crippen LogP) is 1.44. The van der Waals surface area contributed by atoms with Crippen molar-refractivity contribution in [1.29, 1.82) is 0 Å². The molecule has 4 heteroatoms. The van der Waals surface area contributed by atoms with Crippen LogP contribution in [0.4, 0.5) is 0 Å². The van der Waals surface area contributed by atoms with E-state index in [0.717, 1.165) is 12.8 Å². The number of nitrogens with one attached hydrogen (secondary N) is 1. The molecule has 1 aliphatic rings. The molecule has 0 bridgehead atoms. The molecule has 4 nitrogen and oxygen atoms in total. The van der Waals surface area contributed by atoms with Crippen LogP contribution in [-0.4, -0.2) is 29.5 Å². The zero-order valence-electron chi connectivity index (χ0n) is 10.2. The first-order valence-electron chi connectivity index (χ1n) is 6.01. The SMILES string of the molecule is CC1CC(C)CC(CNCO)(CC(=O)O)C1. The molecule has 1 fully saturated rings. The summed E-state index contributed by atoms with van der Waals surface area (Å²) in [6.07, 6.45) is 3.27. The molecular formula is C12H23NO3. The Morgan fingerprint density at radius 1 is 1.38 bits per heavy atom. The molecule has 0 aromatic heterocycles. The number of aliphatic hydroxyl groups excluding tert-OH is 1. The minimum Gasteiger partial charge on any atom is -0.481 e. The molecule has 0 spiro atoms. The monoisotopic (exact) mass is 229 g/mol. The van der Waals surface area contributed by atoms with Gasteiger partial charge < -0.3 is 10.2 Å². The van der Waals surface area contributed by atoms with Crippen LogP contribution in [0.3, 0.4) is 0 Å². The first-order chi connectivity index (χ1) is 7.47. The van der Waals surface area contributed by atoms with Crippen LogP contribution in [0.2, 0.25) is 0 Å². The zero-order chi connectivity index (χ0) is 12.2. The summed E-state index contributed by atoms with van der Waals surface area (Å²) in [6, 6.07) is 0. The zero-order valence-corrected chi connectivity index (χ0v) is 10.2. The summed E-state index contributed by atoms with van der Waals surface area (Å²) >= 11 is 0. The number of aliphatic carboxylic acids is 1. The van der Waals surface area contributed by atoms with Crippen molar-refractivity contribution in [1.82, 2.24) is 5.32 Å². The molecule has 16 heavy (non-hydrogen) atoms. The van der Waals surface area contributed by atoms with E-state index >= 15 is 0 Å². The van der Waals surface area contributed by atoms with E-state index in [1.807, 2.05) is 0 Å². The van der Waals surface area contributed by atoms with Gasteiger partial charge in [0.05, 0.1) is 13.2 Å². The molecule has 3 N–H and O–H groups in total. The van der Waals surface area contributed by atoms with Crippen LogP contribution in [-0.2, 0) is 4.79 Å². The van der Waals surface area contributed by atoms with Crippen molar-refractivity contribution < 1.29 is 15.0 Å². The van der Waals surface area contributed by atoms with Crippen molar-refractivity contribution in [2.24, 2.45) is 17.3 Å². The largest absolute Gasteiger partial charge is 0.481 e. The van der Waals surface area contributed by atoms with Crippen LogP contribution < -0.4 is 5.32 Å². The molecule has 0 aliphatic heterocycles. The maximum atomic E-state index is 11.0. The van der Waals surface area contributed by atoms with Gasteiger partial charge >= 0.3 is 5.97 Å². The van der Waals surface area contributed by atoms with Crippen LogP contribution >= 0.6 is 0 Å². The summed E-state index contributed by atoms with van der Waals surface area (Å²) in [6.45, 7) is 4.89. The highest BCUT2D eigenvalue weighted by Gasteiger charge is 2.39. The Morgan fingerprint density at radius 2 is 1.94 bits per heavy atom. The molecule has 0 aromatic carbocycles. The third-order valence-electron chi connectivity index (χ3n) is 3.51.